The Morgan fingerprint density at radius 3 is 2.10 bits per heavy atom. The van der Waals surface area contributed by atoms with E-state index in [0.717, 1.165) is 11.4 Å². The van der Waals surface area contributed by atoms with Crippen molar-refractivity contribution in [3.8, 4) is 0 Å². The zero-order chi connectivity index (χ0) is 8.15. The summed E-state index contributed by atoms with van der Waals surface area (Å²) in [6, 6.07) is 0. The van der Waals surface area contributed by atoms with Gasteiger partial charge < -0.3 is 5.41 Å². The van der Waals surface area contributed by atoms with Gasteiger partial charge in [0.2, 0.25) is 0 Å². The fourth-order valence-corrected chi connectivity index (χ4v) is 0.413. The summed E-state index contributed by atoms with van der Waals surface area (Å²) >= 11 is 0. The van der Waals surface area contributed by atoms with E-state index in [9.17, 15) is 0 Å². The van der Waals surface area contributed by atoms with E-state index in [-0.39, 0.29) is 0 Å². The van der Waals surface area contributed by atoms with Crippen LogP contribution in [-0.4, -0.2) is 11.4 Å². The average Bonchev–Trinajstić information content (AvgIpc) is 1.87. The molecular weight excluding hydrogens is 124 g/mol. The first-order chi connectivity index (χ1) is 4.57. The van der Waals surface area contributed by atoms with Gasteiger partial charge >= 0.3 is 0 Å². The minimum Gasteiger partial charge on any atom is -0.304 e. The molecule has 0 radical (unpaired) electrons. The van der Waals surface area contributed by atoms with Crippen LogP contribution in [0.3, 0.4) is 0 Å². The molecule has 0 amide bonds. The predicted molar refractivity (Wildman–Crippen MR) is 45.9 cm³/mol. The van der Waals surface area contributed by atoms with Gasteiger partial charge in [-0.1, -0.05) is 6.08 Å². The number of rotatable bonds is 2. The van der Waals surface area contributed by atoms with Crippen molar-refractivity contribution < 1.29 is 0 Å². The minimum absolute atomic E-state index is 0.529. The average molecular weight is 138 g/mol. The maximum Gasteiger partial charge on any atom is 0.0580 e. The SMILES string of the molecule is C/C=C(\C)N=C(C)C(C)=N. The molecule has 0 aromatic rings. The van der Waals surface area contributed by atoms with E-state index in [1.807, 2.05) is 26.8 Å². The Morgan fingerprint density at radius 2 is 1.80 bits per heavy atom. The van der Waals surface area contributed by atoms with Crippen molar-refractivity contribution in [3.05, 3.63) is 11.8 Å². The summed E-state index contributed by atoms with van der Waals surface area (Å²) < 4.78 is 0. The molecular formula is C8H14N2. The number of nitrogens with zero attached hydrogens (tertiary/aromatic N) is 1. The molecule has 0 aliphatic rings. The maximum atomic E-state index is 7.21. The van der Waals surface area contributed by atoms with Crippen LogP contribution in [0.5, 0.6) is 0 Å². The number of hydrogen-bond acceptors (Lipinski definition) is 2. The van der Waals surface area contributed by atoms with Crippen molar-refractivity contribution in [2.24, 2.45) is 4.99 Å². The second-order valence-corrected chi connectivity index (χ2v) is 2.25. The van der Waals surface area contributed by atoms with Crippen LogP contribution >= 0.6 is 0 Å². The molecule has 0 aliphatic carbocycles. The van der Waals surface area contributed by atoms with E-state index in [4.69, 9.17) is 5.41 Å². The van der Waals surface area contributed by atoms with Crippen LogP contribution in [0.15, 0.2) is 16.8 Å². The molecule has 0 rings (SSSR count). The zero-order valence-electron chi connectivity index (χ0n) is 7.02. The smallest absolute Gasteiger partial charge is 0.0580 e. The molecule has 0 aromatic carbocycles. The first kappa shape index (κ1) is 9.08. The first-order valence-electron chi connectivity index (χ1n) is 3.31. The maximum absolute atomic E-state index is 7.21. The summed E-state index contributed by atoms with van der Waals surface area (Å²) in [5.41, 5.74) is 2.28. The molecule has 2 heteroatoms. The van der Waals surface area contributed by atoms with Gasteiger partial charge in [-0.15, -0.1) is 0 Å². The molecule has 0 heterocycles. The normalized spacial score (nSPS) is 13.6. The monoisotopic (exact) mass is 138 g/mol. The van der Waals surface area contributed by atoms with E-state index in [1.165, 1.54) is 0 Å². The van der Waals surface area contributed by atoms with Crippen molar-refractivity contribution in [1.82, 2.24) is 0 Å². The summed E-state index contributed by atoms with van der Waals surface area (Å²) in [5, 5.41) is 7.21. The highest BCUT2D eigenvalue weighted by Crippen LogP contribution is 1.94. The Balaban J connectivity index is 4.31. The molecule has 0 atom stereocenters. The van der Waals surface area contributed by atoms with Gasteiger partial charge in [-0.2, -0.15) is 0 Å². The molecule has 0 bridgehead atoms. The molecule has 10 heavy (non-hydrogen) atoms. The van der Waals surface area contributed by atoms with Crippen LogP contribution in [0, 0.1) is 5.41 Å². The van der Waals surface area contributed by atoms with Gasteiger partial charge in [0.05, 0.1) is 5.71 Å². The van der Waals surface area contributed by atoms with Crippen molar-refractivity contribution in [3.63, 3.8) is 0 Å². The van der Waals surface area contributed by atoms with Crippen LogP contribution < -0.4 is 0 Å². The van der Waals surface area contributed by atoms with Crippen molar-refractivity contribution >= 4 is 11.4 Å². The van der Waals surface area contributed by atoms with Crippen molar-refractivity contribution in [2.45, 2.75) is 27.7 Å². The summed E-state index contributed by atoms with van der Waals surface area (Å²) in [6.45, 7) is 7.44. The topological polar surface area (TPSA) is 36.2 Å². The molecule has 0 aliphatic heterocycles. The van der Waals surface area contributed by atoms with E-state index in [0.29, 0.717) is 5.71 Å². The quantitative estimate of drug-likeness (QED) is 0.569. The summed E-state index contributed by atoms with van der Waals surface area (Å²) in [4.78, 5) is 4.15. The predicted octanol–water partition coefficient (Wildman–Crippen LogP) is 2.41. The Kier molecular flexibility index (Phi) is 3.62. The van der Waals surface area contributed by atoms with Crippen LogP contribution in [0.1, 0.15) is 27.7 Å². The Morgan fingerprint density at radius 1 is 1.30 bits per heavy atom. The minimum atomic E-state index is 0.529. The lowest BCUT2D eigenvalue weighted by Gasteiger charge is -1.95. The summed E-state index contributed by atoms with van der Waals surface area (Å²) in [5.74, 6) is 0. The number of nitrogens with one attached hydrogen (secondary N) is 1. The lowest BCUT2D eigenvalue weighted by Crippen LogP contribution is -2.02. The van der Waals surface area contributed by atoms with Gasteiger partial charge in [0.15, 0.2) is 0 Å². The first-order valence-corrected chi connectivity index (χ1v) is 3.31. The third-order valence-electron chi connectivity index (χ3n) is 1.30. The lowest BCUT2D eigenvalue weighted by atomic mass is 10.3. The Hall–Kier alpha value is -0.920. The van der Waals surface area contributed by atoms with E-state index in [2.05, 4.69) is 4.99 Å². The highest BCUT2D eigenvalue weighted by atomic mass is 14.8. The summed E-state index contributed by atoms with van der Waals surface area (Å²) in [7, 11) is 0. The number of aliphatic imine (C=N–C) groups is 1. The van der Waals surface area contributed by atoms with E-state index >= 15 is 0 Å². The molecule has 0 unspecified atom stereocenters. The van der Waals surface area contributed by atoms with Crippen molar-refractivity contribution in [1.29, 1.82) is 5.41 Å². The second kappa shape index (κ2) is 3.99. The van der Waals surface area contributed by atoms with Gasteiger partial charge in [-0.25, -0.2) is 0 Å². The van der Waals surface area contributed by atoms with Gasteiger partial charge in [0, 0.05) is 11.4 Å². The standard InChI is InChI=1S/C8H14N2/c1-5-6(2)10-8(4)7(3)9/h5,9H,1-4H3/b6-5+,9-7?,10-8?. The molecule has 0 aromatic heterocycles. The van der Waals surface area contributed by atoms with E-state index in [1.54, 1.807) is 6.92 Å². The molecule has 0 fully saturated rings. The fourth-order valence-electron chi connectivity index (χ4n) is 0.413. The Labute approximate surface area is 62.2 Å². The highest BCUT2D eigenvalue weighted by Gasteiger charge is 1.91. The van der Waals surface area contributed by atoms with Crippen molar-refractivity contribution in [2.75, 3.05) is 0 Å². The van der Waals surface area contributed by atoms with Gasteiger partial charge in [0.1, 0.15) is 0 Å². The van der Waals surface area contributed by atoms with Crippen LogP contribution in [0.4, 0.5) is 0 Å². The lowest BCUT2D eigenvalue weighted by molar-refractivity contribution is 1.28. The molecule has 2 nitrogen and oxygen atoms in total. The third kappa shape index (κ3) is 3.17. The third-order valence-corrected chi connectivity index (χ3v) is 1.30. The van der Waals surface area contributed by atoms with Crippen LogP contribution in [0.25, 0.3) is 0 Å². The van der Waals surface area contributed by atoms with Gasteiger partial charge in [0.25, 0.3) is 0 Å². The largest absolute Gasteiger partial charge is 0.304 e. The molecule has 0 saturated carbocycles. The molecule has 1 N–H and O–H groups in total. The van der Waals surface area contributed by atoms with E-state index < -0.39 is 0 Å². The van der Waals surface area contributed by atoms with Crippen LogP contribution in [-0.2, 0) is 0 Å². The molecule has 56 valence electrons. The fraction of sp³-hybridized carbons (Fsp3) is 0.500. The van der Waals surface area contributed by atoms with Gasteiger partial charge in [-0.05, 0) is 27.7 Å². The second-order valence-electron chi connectivity index (χ2n) is 2.25. The van der Waals surface area contributed by atoms with Crippen LogP contribution in [0.2, 0.25) is 0 Å². The Bertz CT molecular complexity index is 187. The number of allylic oxidation sites excluding steroid dienone is 2. The molecule has 0 saturated heterocycles. The molecule has 0 spiro atoms. The highest BCUT2D eigenvalue weighted by molar-refractivity contribution is 6.39. The van der Waals surface area contributed by atoms with Gasteiger partial charge in [-0.3, -0.25) is 4.99 Å². The number of hydrogen-bond donors (Lipinski definition) is 1. The summed E-state index contributed by atoms with van der Waals surface area (Å²) in [6.07, 6.45) is 1.92. The zero-order valence-corrected chi connectivity index (χ0v) is 7.02.